The Balaban J connectivity index is 1.99. The van der Waals surface area contributed by atoms with Gasteiger partial charge in [0.15, 0.2) is 23.8 Å². The van der Waals surface area contributed by atoms with Gasteiger partial charge in [0.05, 0.1) is 12.9 Å². The number of carbonyl (C=O) groups is 1. The van der Waals surface area contributed by atoms with E-state index in [4.69, 9.17) is 31.4 Å². The fourth-order valence-electron chi connectivity index (χ4n) is 3.00. The van der Waals surface area contributed by atoms with Crippen molar-refractivity contribution in [2.45, 2.75) is 30.6 Å². The maximum Gasteiger partial charge on any atom is 0.249 e. The lowest BCUT2D eigenvalue weighted by Crippen LogP contribution is -2.47. The zero-order valence-electron chi connectivity index (χ0n) is 14.1. The first kappa shape index (κ1) is 18.4. The van der Waals surface area contributed by atoms with Crippen LogP contribution in [0.1, 0.15) is 6.23 Å². The van der Waals surface area contributed by atoms with Crippen molar-refractivity contribution in [3.63, 3.8) is 0 Å². The Kier molecular flexibility index (Phi) is 5.29. The Hall–Kier alpha value is -2.38. The van der Waals surface area contributed by atoms with E-state index in [0.717, 1.165) is 0 Å². The molecule has 1 saturated heterocycles. The standard InChI is InChI=1S/C14H21N7O5/c1-24-10(12(17)23)8-7(22)9(25-3-2-15)14(26-8)21-5-20-6-11(16)18-4-19-13(6)21/h4-5,7-10,14,22H,2-3,15H2,1H3,(H2,17,23)(H2,16,18,19)/t7-,8+,9-,10?,14-/m1/s1. The molecule has 1 amide bonds. The number of fused-ring (bicyclic) bond motifs is 1. The number of primary amides is 1. The second kappa shape index (κ2) is 7.47. The minimum atomic E-state index is -1.19. The minimum Gasteiger partial charge on any atom is -0.387 e. The van der Waals surface area contributed by atoms with Crippen molar-refractivity contribution < 1.29 is 24.1 Å². The largest absolute Gasteiger partial charge is 0.387 e. The van der Waals surface area contributed by atoms with Crippen LogP contribution in [-0.4, -0.2) is 75.2 Å². The second-order valence-corrected chi connectivity index (χ2v) is 5.75. The highest BCUT2D eigenvalue weighted by Crippen LogP contribution is 2.35. The van der Waals surface area contributed by atoms with Gasteiger partial charge in [-0.05, 0) is 0 Å². The molecule has 0 spiro atoms. The normalized spacial score (nSPS) is 27.0. The summed E-state index contributed by atoms with van der Waals surface area (Å²) in [5.74, 6) is -0.563. The number of nitrogens with zero attached hydrogens (tertiary/aromatic N) is 4. The Morgan fingerprint density at radius 2 is 2.23 bits per heavy atom. The van der Waals surface area contributed by atoms with Crippen molar-refractivity contribution in [2.24, 2.45) is 11.5 Å². The molecule has 5 atom stereocenters. The van der Waals surface area contributed by atoms with Gasteiger partial charge < -0.3 is 36.5 Å². The predicted molar refractivity (Wildman–Crippen MR) is 88.4 cm³/mol. The highest BCUT2D eigenvalue weighted by Gasteiger charge is 2.50. The SMILES string of the molecule is COC(C(N)=O)[C@H]1O[C@@H](n2cnc3c(N)ncnc32)[C@H](OCCN)[C@@H]1O. The Bertz CT molecular complexity index is 784. The molecule has 0 saturated carbocycles. The van der Waals surface area contributed by atoms with Gasteiger partial charge in [-0.2, -0.15) is 0 Å². The van der Waals surface area contributed by atoms with Gasteiger partial charge in [0, 0.05) is 13.7 Å². The molecule has 0 bridgehead atoms. The molecule has 142 valence electrons. The van der Waals surface area contributed by atoms with Gasteiger partial charge in [0.1, 0.15) is 30.2 Å². The predicted octanol–water partition coefficient (Wildman–Crippen LogP) is -2.49. The maximum absolute atomic E-state index is 11.6. The summed E-state index contributed by atoms with van der Waals surface area (Å²) in [5, 5.41) is 10.7. The number of anilines is 1. The molecule has 0 aliphatic carbocycles. The van der Waals surface area contributed by atoms with Crippen LogP contribution in [0.3, 0.4) is 0 Å². The number of aliphatic hydroxyl groups excluding tert-OH is 1. The lowest BCUT2D eigenvalue weighted by molar-refractivity contribution is -0.144. The topological polar surface area (TPSA) is 187 Å². The summed E-state index contributed by atoms with van der Waals surface area (Å²) in [5.41, 5.74) is 17.4. The van der Waals surface area contributed by atoms with Crippen LogP contribution in [0.2, 0.25) is 0 Å². The molecule has 0 radical (unpaired) electrons. The van der Waals surface area contributed by atoms with Gasteiger partial charge in [0.25, 0.3) is 0 Å². The molecule has 7 N–H and O–H groups in total. The van der Waals surface area contributed by atoms with Crippen LogP contribution in [0.4, 0.5) is 5.82 Å². The molecule has 1 fully saturated rings. The molecule has 1 aliphatic heterocycles. The van der Waals surface area contributed by atoms with E-state index in [1.165, 1.54) is 19.8 Å². The molecular weight excluding hydrogens is 346 g/mol. The monoisotopic (exact) mass is 367 g/mol. The van der Waals surface area contributed by atoms with Crippen molar-refractivity contribution in [1.29, 1.82) is 0 Å². The Labute approximate surface area is 148 Å². The number of rotatable bonds is 7. The number of methoxy groups -OCH3 is 1. The van der Waals surface area contributed by atoms with E-state index in [1.807, 2.05) is 0 Å². The van der Waals surface area contributed by atoms with E-state index in [0.29, 0.717) is 11.2 Å². The number of amides is 1. The number of imidazole rings is 1. The Morgan fingerprint density at radius 1 is 1.46 bits per heavy atom. The van der Waals surface area contributed by atoms with E-state index >= 15 is 0 Å². The minimum absolute atomic E-state index is 0.173. The van der Waals surface area contributed by atoms with Gasteiger partial charge >= 0.3 is 0 Å². The van der Waals surface area contributed by atoms with Crippen LogP contribution in [0, 0.1) is 0 Å². The van der Waals surface area contributed by atoms with Gasteiger partial charge in [-0.15, -0.1) is 0 Å². The second-order valence-electron chi connectivity index (χ2n) is 5.75. The van der Waals surface area contributed by atoms with Gasteiger partial charge in [-0.3, -0.25) is 9.36 Å². The summed E-state index contributed by atoms with van der Waals surface area (Å²) in [6.45, 7) is 0.413. The number of ether oxygens (including phenoxy) is 3. The van der Waals surface area contributed by atoms with E-state index in [-0.39, 0.29) is 19.0 Å². The van der Waals surface area contributed by atoms with E-state index in [9.17, 15) is 9.90 Å². The number of aromatic nitrogens is 4. The molecule has 2 aromatic rings. The van der Waals surface area contributed by atoms with Crippen molar-refractivity contribution in [2.75, 3.05) is 26.0 Å². The third kappa shape index (κ3) is 3.08. The molecule has 3 heterocycles. The number of carbonyl (C=O) groups excluding carboxylic acids is 1. The molecule has 1 unspecified atom stereocenters. The first-order chi connectivity index (χ1) is 12.5. The third-order valence-corrected chi connectivity index (χ3v) is 4.17. The number of nitrogen functional groups attached to an aromatic ring is 1. The summed E-state index contributed by atoms with van der Waals surface area (Å²) < 4.78 is 18.2. The maximum atomic E-state index is 11.6. The van der Waals surface area contributed by atoms with Crippen LogP contribution in [-0.2, 0) is 19.0 Å². The lowest BCUT2D eigenvalue weighted by Gasteiger charge is -2.22. The molecule has 26 heavy (non-hydrogen) atoms. The molecule has 2 aromatic heterocycles. The molecule has 12 heteroatoms. The van der Waals surface area contributed by atoms with Crippen molar-refractivity contribution >= 4 is 22.9 Å². The van der Waals surface area contributed by atoms with Crippen molar-refractivity contribution in [3.8, 4) is 0 Å². The Morgan fingerprint density at radius 3 is 2.88 bits per heavy atom. The van der Waals surface area contributed by atoms with Crippen LogP contribution >= 0.6 is 0 Å². The zero-order valence-corrected chi connectivity index (χ0v) is 14.1. The van der Waals surface area contributed by atoms with Crippen LogP contribution in [0.25, 0.3) is 11.2 Å². The first-order valence-corrected chi connectivity index (χ1v) is 7.90. The average Bonchev–Trinajstić information content (AvgIpc) is 3.17. The highest BCUT2D eigenvalue weighted by atomic mass is 16.6. The average molecular weight is 367 g/mol. The summed E-state index contributed by atoms with van der Waals surface area (Å²) >= 11 is 0. The van der Waals surface area contributed by atoms with Crippen LogP contribution in [0.15, 0.2) is 12.7 Å². The molecule has 1 aliphatic rings. The summed E-state index contributed by atoms with van der Waals surface area (Å²) in [7, 11) is 1.30. The lowest BCUT2D eigenvalue weighted by atomic mass is 10.0. The number of hydrogen-bond donors (Lipinski definition) is 4. The van der Waals surface area contributed by atoms with Gasteiger partial charge in [-0.25, -0.2) is 15.0 Å². The third-order valence-electron chi connectivity index (χ3n) is 4.17. The van der Waals surface area contributed by atoms with Gasteiger partial charge in [-0.1, -0.05) is 0 Å². The quantitative estimate of drug-likeness (QED) is 0.408. The smallest absolute Gasteiger partial charge is 0.249 e. The molecule has 12 nitrogen and oxygen atoms in total. The summed E-state index contributed by atoms with van der Waals surface area (Å²) in [4.78, 5) is 23.8. The van der Waals surface area contributed by atoms with Gasteiger partial charge in [0.2, 0.25) is 5.91 Å². The fraction of sp³-hybridized carbons (Fsp3) is 0.571. The van der Waals surface area contributed by atoms with E-state index < -0.39 is 36.6 Å². The van der Waals surface area contributed by atoms with Crippen LogP contribution in [0.5, 0.6) is 0 Å². The fourth-order valence-corrected chi connectivity index (χ4v) is 3.00. The molecule has 0 aromatic carbocycles. The van der Waals surface area contributed by atoms with E-state index in [2.05, 4.69) is 15.0 Å². The van der Waals surface area contributed by atoms with Crippen LogP contribution < -0.4 is 17.2 Å². The van der Waals surface area contributed by atoms with Crippen molar-refractivity contribution in [3.05, 3.63) is 12.7 Å². The number of hydrogen-bond acceptors (Lipinski definition) is 10. The molecule has 3 rings (SSSR count). The van der Waals surface area contributed by atoms with E-state index in [1.54, 1.807) is 4.57 Å². The zero-order chi connectivity index (χ0) is 18.8. The first-order valence-electron chi connectivity index (χ1n) is 7.90. The molecular formula is C14H21N7O5. The summed E-state index contributed by atoms with van der Waals surface area (Å²) in [6, 6.07) is 0. The summed E-state index contributed by atoms with van der Waals surface area (Å²) in [6.07, 6.45) is -2.36. The number of nitrogens with two attached hydrogens (primary N) is 3. The number of aliphatic hydroxyl groups is 1. The highest BCUT2D eigenvalue weighted by molar-refractivity contribution is 5.81. The van der Waals surface area contributed by atoms with Crippen molar-refractivity contribution in [1.82, 2.24) is 19.5 Å².